The van der Waals surface area contributed by atoms with Crippen molar-refractivity contribution in [2.45, 2.75) is 12.6 Å². The van der Waals surface area contributed by atoms with Gasteiger partial charge in [0.15, 0.2) is 5.11 Å². The first-order valence-electron chi connectivity index (χ1n) is 6.72. The lowest BCUT2D eigenvalue weighted by molar-refractivity contribution is 0.381. The first-order valence-corrected chi connectivity index (χ1v) is 7.13. The number of rotatable bonds is 3. The molecule has 0 saturated carbocycles. The molecule has 1 aliphatic heterocycles. The standard InChI is InChI=1S/C16H17N3OS/c1-16(12-7-6-10-14(11-12)20-2)17-15(21)19(18-16)13-8-4-3-5-9-13/h3-11,18H,1-2H3,(H,17,21)/t16-/m1/s1. The number of benzene rings is 2. The maximum absolute atomic E-state index is 5.45. The number of hydrogen-bond donors (Lipinski definition) is 2. The second-order valence-electron chi connectivity index (χ2n) is 5.07. The number of ether oxygens (including phenoxy) is 1. The molecule has 0 bridgehead atoms. The van der Waals surface area contributed by atoms with E-state index in [-0.39, 0.29) is 0 Å². The van der Waals surface area contributed by atoms with Crippen molar-refractivity contribution in [3.63, 3.8) is 0 Å². The summed E-state index contributed by atoms with van der Waals surface area (Å²) in [6.07, 6.45) is 0. The third-order valence-corrected chi connectivity index (χ3v) is 3.84. The lowest BCUT2D eigenvalue weighted by Crippen LogP contribution is -2.45. The van der Waals surface area contributed by atoms with Gasteiger partial charge >= 0.3 is 0 Å². The highest BCUT2D eigenvalue weighted by molar-refractivity contribution is 7.80. The van der Waals surface area contributed by atoms with Gasteiger partial charge in [-0.05, 0) is 49.0 Å². The van der Waals surface area contributed by atoms with Crippen LogP contribution >= 0.6 is 12.2 Å². The van der Waals surface area contributed by atoms with Crippen LogP contribution in [0.4, 0.5) is 5.69 Å². The number of hydrogen-bond acceptors (Lipinski definition) is 3. The Balaban J connectivity index is 1.92. The van der Waals surface area contributed by atoms with Gasteiger partial charge in [0.1, 0.15) is 11.4 Å². The molecule has 2 N–H and O–H groups in total. The smallest absolute Gasteiger partial charge is 0.190 e. The van der Waals surface area contributed by atoms with Crippen molar-refractivity contribution in [1.29, 1.82) is 0 Å². The van der Waals surface area contributed by atoms with E-state index in [0.717, 1.165) is 17.0 Å². The molecule has 21 heavy (non-hydrogen) atoms. The monoisotopic (exact) mass is 299 g/mol. The number of anilines is 1. The molecular formula is C16H17N3OS. The molecule has 108 valence electrons. The van der Waals surface area contributed by atoms with Gasteiger partial charge in [0.25, 0.3) is 0 Å². The summed E-state index contributed by atoms with van der Waals surface area (Å²) >= 11 is 5.45. The average Bonchev–Trinajstić information content (AvgIpc) is 2.84. The number of nitrogens with zero attached hydrogens (tertiary/aromatic N) is 1. The summed E-state index contributed by atoms with van der Waals surface area (Å²) in [6, 6.07) is 17.9. The molecule has 0 aromatic heterocycles. The minimum absolute atomic E-state index is 0.471. The predicted octanol–water partition coefficient (Wildman–Crippen LogP) is 2.77. The Morgan fingerprint density at radius 1 is 1.10 bits per heavy atom. The summed E-state index contributed by atoms with van der Waals surface area (Å²) in [4.78, 5) is 0. The van der Waals surface area contributed by atoms with Crippen LogP contribution in [0, 0.1) is 0 Å². The van der Waals surface area contributed by atoms with Crippen molar-refractivity contribution in [2.75, 3.05) is 12.1 Å². The van der Waals surface area contributed by atoms with Gasteiger partial charge in [-0.1, -0.05) is 30.3 Å². The van der Waals surface area contributed by atoms with E-state index in [1.807, 2.05) is 59.6 Å². The Morgan fingerprint density at radius 3 is 2.57 bits per heavy atom. The van der Waals surface area contributed by atoms with E-state index in [2.05, 4.69) is 17.7 Å². The zero-order valence-corrected chi connectivity index (χ0v) is 12.8. The zero-order chi connectivity index (χ0) is 14.9. The third kappa shape index (κ3) is 2.57. The van der Waals surface area contributed by atoms with E-state index >= 15 is 0 Å². The molecule has 0 amide bonds. The lowest BCUT2D eigenvalue weighted by Gasteiger charge is -2.26. The quantitative estimate of drug-likeness (QED) is 0.852. The van der Waals surface area contributed by atoms with E-state index in [4.69, 9.17) is 17.0 Å². The fourth-order valence-electron chi connectivity index (χ4n) is 2.40. The van der Waals surface area contributed by atoms with Gasteiger partial charge in [-0.25, -0.2) is 5.01 Å². The van der Waals surface area contributed by atoms with Crippen LogP contribution in [-0.2, 0) is 5.66 Å². The summed E-state index contributed by atoms with van der Waals surface area (Å²) in [5.41, 5.74) is 5.02. The summed E-state index contributed by atoms with van der Waals surface area (Å²) in [5.74, 6) is 0.821. The van der Waals surface area contributed by atoms with Gasteiger partial charge in [0, 0.05) is 0 Å². The zero-order valence-electron chi connectivity index (χ0n) is 12.0. The van der Waals surface area contributed by atoms with Gasteiger partial charge in [-0.3, -0.25) is 0 Å². The third-order valence-electron chi connectivity index (χ3n) is 3.56. The van der Waals surface area contributed by atoms with Crippen molar-refractivity contribution in [1.82, 2.24) is 10.7 Å². The summed E-state index contributed by atoms with van der Waals surface area (Å²) in [7, 11) is 1.66. The normalized spacial score (nSPS) is 21.2. The lowest BCUT2D eigenvalue weighted by atomic mass is 10.0. The average molecular weight is 299 g/mol. The van der Waals surface area contributed by atoms with Crippen LogP contribution in [0.25, 0.3) is 0 Å². The molecule has 1 fully saturated rings. The number of nitrogens with one attached hydrogen (secondary N) is 2. The molecule has 3 rings (SSSR count). The molecule has 1 heterocycles. The SMILES string of the molecule is COc1cccc([C@]2(C)NC(=S)N(c3ccccc3)N2)c1. The van der Waals surface area contributed by atoms with Crippen LogP contribution in [0.5, 0.6) is 5.75 Å². The van der Waals surface area contributed by atoms with Crippen molar-refractivity contribution >= 4 is 23.0 Å². The molecule has 2 aromatic carbocycles. The van der Waals surface area contributed by atoms with Crippen LogP contribution in [0.2, 0.25) is 0 Å². The molecule has 0 spiro atoms. The molecule has 1 atom stereocenters. The molecule has 5 heteroatoms. The number of thiocarbonyl (C=S) groups is 1. The number of para-hydroxylation sites is 1. The molecule has 0 aliphatic carbocycles. The highest BCUT2D eigenvalue weighted by atomic mass is 32.1. The highest BCUT2D eigenvalue weighted by Crippen LogP contribution is 2.28. The second kappa shape index (κ2) is 5.35. The second-order valence-corrected chi connectivity index (χ2v) is 5.46. The van der Waals surface area contributed by atoms with Crippen LogP contribution in [0.1, 0.15) is 12.5 Å². The van der Waals surface area contributed by atoms with Crippen LogP contribution in [0.15, 0.2) is 54.6 Å². The minimum atomic E-state index is -0.471. The van der Waals surface area contributed by atoms with E-state index in [1.165, 1.54) is 0 Å². The molecule has 0 unspecified atom stereocenters. The van der Waals surface area contributed by atoms with Gasteiger partial charge in [-0.2, -0.15) is 5.43 Å². The van der Waals surface area contributed by atoms with Crippen molar-refractivity contribution in [3.05, 3.63) is 60.2 Å². The summed E-state index contributed by atoms with van der Waals surface area (Å²) < 4.78 is 5.30. The fraction of sp³-hybridized carbons (Fsp3) is 0.188. The maximum Gasteiger partial charge on any atom is 0.190 e. The van der Waals surface area contributed by atoms with E-state index in [0.29, 0.717) is 5.11 Å². The van der Waals surface area contributed by atoms with E-state index in [9.17, 15) is 0 Å². The topological polar surface area (TPSA) is 36.5 Å². The van der Waals surface area contributed by atoms with Crippen molar-refractivity contribution < 1.29 is 4.74 Å². The Bertz CT molecular complexity index is 662. The van der Waals surface area contributed by atoms with E-state index in [1.54, 1.807) is 7.11 Å². The van der Waals surface area contributed by atoms with Crippen molar-refractivity contribution in [3.8, 4) is 5.75 Å². The van der Waals surface area contributed by atoms with Crippen LogP contribution < -0.4 is 20.5 Å². The van der Waals surface area contributed by atoms with E-state index < -0.39 is 5.66 Å². The van der Waals surface area contributed by atoms with Gasteiger partial charge < -0.3 is 10.1 Å². The molecular weight excluding hydrogens is 282 g/mol. The molecule has 1 saturated heterocycles. The summed E-state index contributed by atoms with van der Waals surface area (Å²) in [5, 5.41) is 5.87. The molecule has 4 nitrogen and oxygen atoms in total. The molecule has 1 aliphatic rings. The van der Waals surface area contributed by atoms with Crippen molar-refractivity contribution in [2.24, 2.45) is 0 Å². The number of methoxy groups -OCH3 is 1. The first-order chi connectivity index (χ1) is 10.1. The van der Waals surface area contributed by atoms with Crippen LogP contribution in [0.3, 0.4) is 0 Å². The predicted molar refractivity (Wildman–Crippen MR) is 88.1 cm³/mol. The largest absolute Gasteiger partial charge is 0.497 e. The Labute approximate surface area is 129 Å². The molecule has 2 aromatic rings. The number of hydrazine groups is 1. The molecule has 0 radical (unpaired) electrons. The maximum atomic E-state index is 5.45. The van der Waals surface area contributed by atoms with Gasteiger partial charge in [-0.15, -0.1) is 0 Å². The fourth-order valence-corrected chi connectivity index (χ4v) is 2.76. The highest BCUT2D eigenvalue weighted by Gasteiger charge is 2.38. The van der Waals surface area contributed by atoms with Crippen LogP contribution in [-0.4, -0.2) is 12.2 Å². The van der Waals surface area contributed by atoms with Gasteiger partial charge in [0.2, 0.25) is 0 Å². The Morgan fingerprint density at radius 2 is 1.86 bits per heavy atom. The Hall–Kier alpha value is -2.11. The minimum Gasteiger partial charge on any atom is -0.497 e. The first kappa shape index (κ1) is 13.9. The Kier molecular flexibility index (Phi) is 3.53. The van der Waals surface area contributed by atoms with Gasteiger partial charge in [0.05, 0.1) is 12.8 Å². The summed E-state index contributed by atoms with van der Waals surface area (Å²) in [6.45, 7) is 2.05.